The molecule has 2 aromatic carbocycles. The molecule has 9 heteroatoms. The predicted molar refractivity (Wildman–Crippen MR) is 126 cm³/mol. The molecule has 1 N–H and O–H groups in total. The Morgan fingerprint density at radius 1 is 1.03 bits per heavy atom. The lowest BCUT2D eigenvalue weighted by Gasteiger charge is -2.27. The summed E-state index contributed by atoms with van der Waals surface area (Å²) in [4.78, 5) is 19.2. The van der Waals surface area contributed by atoms with Gasteiger partial charge in [0.15, 0.2) is 17.3 Å². The number of carbonyl (C=O) groups is 1. The summed E-state index contributed by atoms with van der Waals surface area (Å²) in [6, 6.07) is 16.4. The highest BCUT2D eigenvalue weighted by Gasteiger charge is 2.27. The van der Waals surface area contributed by atoms with Gasteiger partial charge < -0.3 is 9.64 Å². The molecule has 1 aromatic heterocycles. The summed E-state index contributed by atoms with van der Waals surface area (Å²) < 4.78 is 34.2. The van der Waals surface area contributed by atoms with E-state index in [1.807, 2.05) is 58.0 Å². The molecule has 0 fully saturated rings. The number of para-hydroxylation sites is 1. The fourth-order valence-corrected chi connectivity index (χ4v) is 4.45. The molecule has 0 aliphatic carbocycles. The summed E-state index contributed by atoms with van der Waals surface area (Å²) in [5.74, 6) is 0.119. The first-order chi connectivity index (χ1) is 15.6. The Bertz CT molecular complexity index is 1210. The van der Waals surface area contributed by atoms with Crippen molar-refractivity contribution in [2.24, 2.45) is 0 Å². The standard InChI is InChI=1S/C24H26ClN3O4S/c1-16(2)28(19-8-6-5-7-9-19)24(29)23-22(14-18(25)15-26-23)27-33(30,31)21-12-10-20(11-13-21)32-17(3)4/h5-17,25H,1-4H3/p+1. The number of nitrogens with one attached hydrogen (secondary N) is 1. The lowest BCUT2D eigenvalue weighted by molar-refractivity contribution is -0.289. The van der Waals surface area contributed by atoms with Crippen LogP contribution >= 0.6 is 0 Å². The highest BCUT2D eigenvalue weighted by molar-refractivity contribution is 7.92. The van der Waals surface area contributed by atoms with E-state index in [4.69, 9.17) is 16.3 Å². The van der Waals surface area contributed by atoms with Crippen LogP contribution in [0.4, 0.5) is 11.4 Å². The number of hydrogen-bond donors (Lipinski definition) is 1. The number of carbonyl (C=O) groups excluding carboxylic acids is 1. The van der Waals surface area contributed by atoms with Gasteiger partial charge in [-0.25, -0.2) is 13.4 Å². The summed E-state index contributed by atoms with van der Waals surface area (Å²) in [7, 11) is -4.00. The maximum Gasteiger partial charge on any atom is 0.279 e. The number of ether oxygens (including phenoxy) is 1. The average Bonchev–Trinajstić information content (AvgIpc) is 2.74. The van der Waals surface area contributed by atoms with Crippen molar-refractivity contribution in [2.75, 3.05) is 9.62 Å². The number of aromatic nitrogens is 1. The molecule has 3 rings (SSSR count). The molecule has 0 radical (unpaired) electrons. The van der Waals surface area contributed by atoms with E-state index in [0.29, 0.717) is 16.5 Å². The van der Waals surface area contributed by atoms with Crippen LogP contribution in [-0.4, -0.2) is 31.5 Å². The van der Waals surface area contributed by atoms with Gasteiger partial charge in [0.2, 0.25) is 5.02 Å². The molecule has 0 aliphatic rings. The topological polar surface area (TPSA) is 88.6 Å². The first-order valence-electron chi connectivity index (χ1n) is 10.4. The number of benzene rings is 2. The minimum absolute atomic E-state index is 0.0237. The van der Waals surface area contributed by atoms with Crippen molar-refractivity contribution < 1.29 is 29.6 Å². The SMILES string of the molecule is CC(C)Oc1ccc(S(=O)(=O)Nc2cc([ClH+])cnc2C(=O)N(c2ccccc2)C(C)C)cc1. The summed E-state index contributed by atoms with van der Waals surface area (Å²) in [5.41, 5.74) is 0.664. The Kier molecular flexibility index (Phi) is 7.61. The second kappa shape index (κ2) is 10.2. The van der Waals surface area contributed by atoms with Crippen LogP contribution in [0.2, 0.25) is 5.02 Å². The van der Waals surface area contributed by atoms with Crippen LogP contribution in [-0.2, 0) is 10.0 Å². The van der Waals surface area contributed by atoms with Gasteiger partial charge in [-0.05, 0) is 64.1 Å². The minimum atomic E-state index is -4.00. The summed E-state index contributed by atoms with van der Waals surface area (Å²) in [6.07, 6.45) is 1.33. The number of pyridine rings is 1. The molecule has 0 saturated carbocycles. The average molecular weight is 489 g/mol. The first kappa shape index (κ1) is 24.5. The van der Waals surface area contributed by atoms with Gasteiger partial charge in [0, 0.05) is 17.8 Å². The van der Waals surface area contributed by atoms with E-state index in [0.717, 1.165) is 0 Å². The van der Waals surface area contributed by atoms with Crippen LogP contribution in [0, 0.1) is 11.6 Å². The van der Waals surface area contributed by atoms with E-state index in [9.17, 15) is 13.2 Å². The zero-order valence-electron chi connectivity index (χ0n) is 18.8. The Morgan fingerprint density at radius 2 is 1.67 bits per heavy atom. The third-order valence-corrected chi connectivity index (χ3v) is 6.19. The third-order valence-electron chi connectivity index (χ3n) is 4.58. The zero-order valence-corrected chi connectivity index (χ0v) is 20.5. The molecule has 1 amide bonds. The summed E-state index contributed by atoms with van der Waals surface area (Å²) in [6.45, 7) is 7.51. The fraction of sp³-hybridized carbons (Fsp3) is 0.250. The quantitative estimate of drug-likeness (QED) is 0.507. The molecule has 174 valence electrons. The molecule has 1 heterocycles. The Balaban J connectivity index is 1.96. The molecule has 3 aromatic rings. The van der Waals surface area contributed by atoms with E-state index in [1.165, 1.54) is 24.4 Å². The van der Waals surface area contributed by atoms with Gasteiger partial charge in [0.1, 0.15) is 5.75 Å². The molecule has 7 nitrogen and oxygen atoms in total. The molecule has 0 saturated heterocycles. The van der Waals surface area contributed by atoms with Crippen LogP contribution in [0.25, 0.3) is 0 Å². The number of rotatable bonds is 8. The van der Waals surface area contributed by atoms with E-state index in [-0.39, 0.29) is 28.4 Å². The van der Waals surface area contributed by atoms with Crippen LogP contribution < -0.4 is 14.4 Å². The molecule has 0 atom stereocenters. The number of hydrogen-bond acceptors (Lipinski definition) is 5. The molecular formula is C24H27ClN3O4S+. The van der Waals surface area contributed by atoms with Gasteiger partial charge in [-0.3, -0.25) is 9.52 Å². The van der Waals surface area contributed by atoms with E-state index in [2.05, 4.69) is 9.71 Å². The number of amides is 1. The fourth-order valence-electron chi connectivity index (χ4n) is 3.22. The normalized spacial score (nSPS) is 11.5. The number of nitrogens with zero attached hydrogens (tertiary/aromatic N) is 2. The van der Waals surface area contributed by atoms with Crippen LogP contribution in [0.3, 0.4) is 0 Å². The number of halogens is 1. The Morgan fingerprint density at radius 3 is 2.24 bits per heavy atom. The molecule has 0 aliphatic heterocycles. The molecule has 0 bridgehead atoms. The van der Waals surface area contributed by atoms with Crippen molar-refractivity contribution in [3.05, 3.63) is 77.6 Å². The predicted octanol–water partition coefficient (Wildman–Crippen LogP) is 4.42. The van der Waals surface area contributed by atoms with Gasteiger partial charge in [-0.15, -0.1) is 0 Å². The second-order valence-corrected chi connectivity index (χ2v) is 10.1. The van der Waals surface area contributed by atoms with Crippen LogP contribution in [0.15, 0.2) is 71.8 Å². The van der Waals surface area contributed by atoms with Gasteiger partial charge in [-0.1, -0.05) is 18.2 Å². The first-order valence-corrected chi connectivity index (χ1v) is 12.3. The maximum absolute atomic E-state index is 13.5. The molecule has 33 heavy (non-hydrogen) atoms. The smallest absolute Gasteiger partial charge is 0.279 e. The molecular weight excluding hydrogens is 462 g/mol. The lowest BCUT2D eigenvalue weighted by atomic mass is 10.2. The Hall–Kier alpha value is -3.10. The Labute approximate surface area is 199 Å². The third kappa shape index (κ3) is 6.03. The monoisotopic (exact) mass is 488 g/mol. The van der Waals surface area contributed by atoms with Crippen molar-refractivity contribution in [3.63, 3.8) is 0 Å². The van der Waals surface area contributed by atoms with Crippen molar-refractivity contribution >= 4 is 27.3 Å². The van der Waals surface area contributed by atoms with Crippen molar-refractivity contribution in [1.82, 2.24) is 4.98 Å². The maximum atomic E-state index is 13.5. The van der Waals surface area contributed by atoms with E-state index < -0.39 is 15.9 Å². The minimum Gasteiger partial charge on any atom is -0.491 e. The highest BCUT2D eigenvalue weighted by atomic mass is 35.5. The summed E-state index contributed by atoms with van der Waals surface area (Å²) >= 11 is 5.18. The molecule has 0 spiro atoms. The van der Waals surface area contributed by atoms with Gasteiger partial charge in [0.25, 0.3) is 15.9 Å². The van der Waals surface area contributed by atoms with E-state index in [1.54, 1.807) is 17.0 Å². The largest absolute Gasteiger partial charge is 0.491 e. The van der Waals surface area contributed by atoms with Gasteiger partial charge in [-0.2, -0.15) is 0 Å². The van der Waals surface area contributed by atoms with Crippen molar-refractivity contribution in [3.8, 4) is 5.75 Å². The number of sulfonamides is 1. The van der Waals surface area contributed by atoms with Crippen molar-refractivity contribution in [1.29, 1.82) is 0 Å². The van der Waals surface area contributed by atoms with Crippen LogP contribution in [0.5, 0.6) is 5.75 Å². The van der Waals surface area contributed by atoms with Crippen LogP contribution in [0.1, 0.15) is 38.2 Å². The molecule has 0 unspecified atom stereocenters. The van der Waals surface area contributed by atoms with Gasteiger partial charge in [0.05, 0.1) is 22.9 Å². The van der Waals surface area contributed by atoms with E-state index >= 15 is 0 Å². The zero-order chi connectivity index (χ0) is 24.2. The summed E-state index contributed by atoms with van der Waals surface area (Å²) in [5, 5.41) is 0.306. The van der Waals surface area contributed by atoms with Crippen molar-refractivity contribution in [2.45, 2.75) is 44.7 Å². The number of anilines is 2. The van der Waals surface area contributed by atoms with Gasteiger partial charge >= 0.3 is 0 Å². The highest BCUT2D eigenvalue weighted by Crippen LogP contribution is 2.26. The lowest BCUT2D eigenvalue weighted by Crippen LogP contribution is -2.38. The second-order valence-electron chi connectivity index (χ2n) is 7.92.